The van der Waals surface area contributed by atoms with Crippen molar-refractivity contribution in [1.29, 1.82) is 0 Å². The van der Waals surface area contributed by atoms with E-state index in [1.807, 2.05) is 30.0 Å². The number of carboxylic acids is 1. The van der Waals surface area contributed by atoms with E-state index in [1.54, 1.807) is 0 Å². The zero-order valence-electron chi connectivity index (χ0n) is 18.3. The number of hydrogen-bond acceptors (Lipinski definition) is 6. The molecule has 0 bridgehead atoms. The van der Waals surface area contributed by atoms with E-state index in [4.69, 9.17) is 24.1 Å². The molecule has 3 aliphatic heterocycles. The molecule has 8 heteroatoms. The number of piperidine rings is 1. The van der Waals surface area contributed by atoms with Crippen LogP contribution in [0.2, 0.25) is 0 Å². The molecule has 1 amide bonds. The fourth-order valence-electron chi connectivity index (χ4n) is 5.16. The number of ether oxygens (including phenoxy) is 4. The van der Waals surface area contributed by atoms with Gasteiger partial charge in [-0.2, -0.15) is 0 Å². The number of amides is 1. The van der Waals surface area contributed by atoms with Crippen molar-refractivity contribution in [2.75, 3.05) is 26.4 Å². The topological polar surface area (TPSA) is 94.5 Å². The van der Waals surface area contributed by atoms with Gasteiger partial charge in [-0.05, 0) is 46.1 Å². The molecule has 4 atom stereocenters. The van der Waals surface area contributed by atoms with Crippen molar-refractivity contribution in [3.8, 4) is 11.5 Å². The lowest BCUT2D eigenvalue weighted by molar-refractivity contribution is -0.194. The molecule has 8 nitrogen and oxygen atoms in total. The summed E-state index contributed by atoms with van der Waals surface area (Å²) in [6.45, 7) is 6.55. The van der Waals surface area contributed by atoms with E-state index >= 15 is 0 Å². The third kappa shape index (κ3) is 4.23. The maximum atomic E-state index is 12.8. The number of carboxylic acid groups (broad SMARTS) is 1. The largest absolute Gasteiger partial charge is 0.490 e. The number of carbonyl (C=O) groups is 2. The summed E-state index contributed by atoms with van der Waals surface area (Å²) in [6.07, 6.45) is 2.28. The van der Waals surface area contributed by atoms with Crippen LogP contribution in [-0.2, 0) is 19.1 Å². The lowest BCUT2D eigenvalue weighted by Crippen LogP contribution is -2.60. The summed E-state index contributed by atoms with van der Waals surface area (Å²) in [7, 11) is 0. The minimum atomic E-state index is -1.08. The van der Waals surface area contributed by atoms with Gasteiger partial charge in [-0.15, -0.1) is 0 Å². The molecule has 1 aromatic carbocycles. The van der Waals surface area contributed by atoms with Gasteiger partial charge < -0.3 is 29.0 Å². The molecule has 0 radical (unpaired) electrons. The van der Waals surface area contributed by atoms with Crippen LogP contribution in [0.3, 0.4) is 0 Å². The standard InChI is InChI=1S/C23H31NO7/c1-4-29-18-8-5-7-14-21-15(23(2,3)31-22(14)18)11-16-17(30-21)9-6-10-24(16)19(25)12-28-13-20(26)27/h5,7-8,15-17,21H,4,6,9-13H2,1-3H3,(H,26,27)/t15-,16-,17-,21+/m1/s1. The van der Waals surface area contributed by atoms with Gasteiger partial charge in [-0.3, -0.25) is 4.79 Å². The minimum Gasteiger partial charge on any atom is -0.490 e. The Hall–Kier alpha value is -2.32. The molecule has 170 valence electrons. The van der Waals surface area contributed by atoms with Crippen LogP contribution in [0.5, 0.6) is 11.5 Å². The van der Waals surface area contributed by atoms with Gasteiger partial charge in [0.1, 0.15) is 18.8 Å². The maximum absolute atomic E-state index is 12.8. The van der Waals surface area contributed by atoms with Gasteiger partial charge in [0.05, 0.1) is 24.9 Å². The van der Waals surface area contributed by atoms with Gasteiger partial charge in [-0.25, -0.2) is 4.79 Å². The summed E-state index contributed by atoms with van der Waals surface area (Å²) in [5.41, 5.74) is 0.504. The van der Waals surface area contributed by atoms with Gasteiger partial charge in [0, 0.05) is 18.0 Å². The van der Waals surface area contributed by atoms with E-state index in [0.29, 0.717) is 13.2 Å². The predicted octanol–water partition coefficient (Wildman–Crippen LogP) is 2.79. The molecule has 1 N–H and O–H groups in total. The van der Waals surface area contributed by atoms with Crippen LogP contribution in [0.4, 0.5) is 0 Å². The normalized spacial score (nSPS) is 28.5. The fraction of sp³-hybridized carbons (Fsp3) is 0.652. The second-order valence-electron chi connectivity index (χ2n) is 8.93. The molecular weight excluding hydrogens is 402 g/mol. The van der Waals surface area contributed by atoms with Gasteiger partial charge in [0.2, 0.25) is 5.91 Å². The monoisotopic (exact) mass is 433 g/mol. The van der Waals surface area contributed by atoms with Crippen LogP contribution in [0.15, 0.2) is 18.2 Å². The van der Waals surface area contributed by atoms with Crippen LogP contribution in [0.25, 0.3) is 0 Å². The number of para-hydroxylation sites is 1. The third-order valence-electron chi connectivity index (χ3n) is 6.54. The highest BCUT2D eigenvalue weighted by Crippen LogP contribution is 2.54. The highest BCUT2D eigenvalue weighted by atomic mass is 16.5. The lowest BCUT2D eigenvalue weighted by Gasteiger charge is -2.54. The number of nitrogens with zero attached hydrogens (tertiary/aromatic N) is 1. The maximum Gasteiger partial charge on any atom is 0.329 e. The van der Waals surface area contributed by atoms with Crippen LogP contribution in [0.1, 0.15) is 51.7 Å². The summed E-state index contributed by atoms with van der Waals surface area (Å²) >= 11 is 0. The Morgan fingerprint density at radius 1 is 1.29 bits per heavy atom. The van der Waals surface area contributed by atoms with Crippen molar-refractivity contribution in [1.82, 2.24) is 4.90 Å². The molecule has 2 fully saturated rings. The Morgan fingerprint density at radius 2 is 2.10 bits per heavy atom. The van der Waals surface area contributed by atoms with Crippen LogP contribution < -0.4 is 9.47 Å². The number of hydrogen-bond donors (Lipinski definition) is 1. The highest BCUT2D eigenvalue weighted by Gasteiger charge is 2.53. The van der Waals surface area contributed by atoms with Crippen molar-refractivity contribution in [3.63, 3.8) is 0 Å². The number of aliphatic carboxylic acids is 1. The molecule has 3 aliphatic rings. The molecule has 4 rings (SSSR count). The molecule has 0 saturated carbocycles. The van der Waals surface area contributed by atoms with E-state index in [2.05, 4.69) is 13.8 Å². The van der Waals surface area contributed by atoms with Crippen molar-refractivity contribution in [3.05, 3.63) is 23.8 Å². The first-order valence-electron chi connectivity index (χ1n) is 11.0. The van der Waals surface area contributed by atoms with Gasteiger partial charge in [0.15, 0.2) is 11.5 Å². The summed E-state index contributed by atoms with van der Waals surface area (Å²) in [5.74, 6) is 0.269. The van der Waals surface area contributed by atoms with Gasteiger partial charge >= 0.3 is 5.97 Å². The SMILES string of the molecule is CCOc1cccc2c1OC(C)(C)[C@@H]1C[C@@H]3[C@@H](CCCN3C(=O)COCC(=O)O)O[C@@H]21. The second kappa shape index (κ2) is 8.67. The van der Waals surface area contributed by atoms with Crippen LogP contribution in [0, 0.1) is 5.92 Å². The number of rotatable bonds is 6. The molecule has 0 aromatic heterocycles. The molecule has 0 unspecified atom stereocenters. The van der Waals surface area contributed by atoms with E-state index < -0.39 is 18.2 Å². The van der Waals surface area contributed by atoms with Crippen LogP contribution in [-0.4, -0.2) is 66.0 Å². The van der Waals surface area contributed by atoms with Crippen molar-refractivity contribution in [2.45, 2.75) is 63.9 Å². The quantitative estimate of drug-likeness (QED) is 0.737. The second-order valence-corrected chi connectivity index (χ2v) is 8.93. The fourth-order valence-corrected chi connectivity index (χ4v) is 5.16. The summed E-state index contributed by atoms with van der Waals surface area (Å²) in [4.78, 5) is 25.3. The number of carbonyl (C=O) groups excluding carboxylic acids is 1. The molecular formula is C23H31NO7. The predicted molar refractivity (Wildman–Crippen MR) is 111 cm³/mol. The zero-order valence-corrected chi connectivity index (χ0v) is 18.3. The molecule has 1 aromatic rings. The molecule has 31 heavy (non-hydrogen) atoms. The number of benzene rings is 1. The van der Waals surface area contributed by atoms with Crippen molar-refractivity contribution < 1.29 is 33.6 Å². The lowest BCUT2D eigenvalue weighted by atomic mass is 9.72. The summed E-state index contributed by atoms with van der Waals surface area (Å²) < 4.78 is 23.9. The Kier molecular flexibility index (Phi) is 6.12. The number of likely N-dealkylation sites (tertiary alicyclic amines) is 1. The van der Waals surface area contributed by atoms with E-state index in [0.717, 1.165) is 36.3 Å². The Balaban J connectivity index is 1.57. The van der Waals surface area contributed by atoms with E-state index in [-0.39, 0.29) is 36.7 Å². The zero-order chi connectivity index (χ0) is 22.2. The number of fused-ring (bicyclic) bond motifs is 4. The summed E-state index contributed by atoms with van der Waals surface area (Å²) in [5, 5.41) is 8.75. The Bertz CT molecular complexity index is 839. The third-order valence-corrected chi connectivity index (χ3v) is 6.54. The first-order valence-corrected chi connectivity index (χ1v) is 11.0. The van der Waals surface area contributed by atoms with Gasteiger partial charge in [-0.1, -0.05) is 12.1 Å². The first kappa shape index (κ1) is 21.9. The van der Waals surface area contributed by atoms with Crippen LogP contribution >= 0.6 is 0 Å². The average Bonchev–Trinajstić information content (AvgIpc) is 2.72. The Labute approximate surface area is 182 Å². The first-order chi connectivity index (χ1) is 14.8. The average molecular weight is 434 g/mol. The van der Waals surface area contributed by atoms with Crippen molar-refractivity contribution in [2.24, 2.45) is 5.92 Å². The molecule has 0 spiro atoms. The highest BCUT2D eigenvalue weighted by molar-refractivity contribution is 5.78. The van der Waals surface area contributed by atoms with E-state index in [1.165, 1.54) is 0 Å². The molecule has 3 heterocycles. The molecule has 2 saturated heterocycles. The minimum absolute atomic E-state index is 0.0615. The molecule has 0 aliphatic carbocycles. The smallest absolute Gasteiger partial charge is 0.329 e. The van der Waals surface area contributed by atoms with E-state index in [9.17, 15) is 9.59 Å². The summed E-state index contributed by atoms with van der Waals surface area (Å²) in [6, 6.07) is 5.85. The van der Waals surface area contributed by atoms with Crippen molar-refractivity contribution >= 4 is 11.9 Å². The van der Waals surface area contributed by atoms with Gasteiger partial charge in [0.25, 0.3) is 0 Å². The Morgan fingerprint density at radius 3 is 2.84 bits per heavy atom.